The molecule has 1 amide bonds. The molecule has 2 heterocycles. The van der Waals surface area contributed by atoms with E-state index in [0.717, 1.165) is 5.69 Å². The molecule has 0 aliphatic carbocycles. The summed E-state index contributed by atoms with van der Waals surface area (Å²) in [7, 11) is 1.53. The SMILES string of the molecule is COc1cccc([C@H](CN2CCC(C(=O)Nc3ccc(Cl)cc3OC(F)F)(n3nccc3C(C)C)CC2)C(=O)O)c1. The van der Waals surface area contributed by atoms with E-state index in [-0.39, 0.29) is 28.9 Å². The molecule has 0 bridgehead atoms. The molecule has 4 rings (SSSR count). The van der Waals surface area contributed by atoms with Gasteiger partial charge < -0.3 is 24.8 Å². The summed E-state index contributed by atoms with van der Waals surface area (Å²) in [6.45, 7) is 1.92. The number of amides is 1. The van der Waals surface area contributed by atoms with E-state index < -0.39 is 29.9 Å². The minimum absolute atomic E-state index is 0.0536. The van der Waals surface area contributed by atoms with Crippen LogP contribution in [-0.4, -0.2) is 65.0 Å². The number of ether oxygens (including phenoxy) is 2. The molecule has 12 heteroatoms. The molecular weight excluding hydrogens is 558 g/mol. The number of benzene rings is 2. The van der Waals surface area contributed by atoms with Crippen molar-refractivity contribution in [3.8, 4) is 11.5 Å². The molecular formula is C29H33ClF2N4O5. The highest BCUT2D eigenvalue weighted by Crippen LogP contribution is 2.37. The van der Waals surface area contributed by atoms with Crippen molar-refractivity contribution in [3.05, 3.63) is 71.0 Å². The second kappa shape index (κ2) is 12.9. The molecule has 1 aliphatic heterocycles. The van der Waals surface area contributed by atoms with Gasteiger partial charge in [0, 0.05) is 42.6 Å². The molecule has 0 radical (unpaired) electrons. The molecule has 1 atom stereocenters. The molecule has 220 valence electrons. The standard InChI is InChI=1S/C29H33ClF2N4O5/c1-18(2)24-9-12-33-36(24)29(27(39)34-23-8-7-20(30)16-25(23)41-28(31)32)10-13-35(14-11-29)17-22(26(37)38)19-5-4-6-21(15-19)40-3/h4-9,12,15-16,18,22,28H,10-11,13-14,17H2,1-3H3,(H,34,39)(H,37,38)/t22-/m0/s1. The highest BCUT2D eigenvalue weighted by atomic mass is 35.5. The maximum absolute atomic E-state index is 14.0. The number of methoxy groups -OCH3 is 1. The number of carboxylic acid groups (broad SMARTS) is 1. The number of alkyl halides is 2. The summed E-state index contributed by atoms with van der Waals surface area (Å²) < 4.78 is 37.8. The average Bonchev–Trinajstić information content (AvgIpc) is 3.44. The van der Waals surface area contributed by atoms with Gasteiger partial charge in [0.15, 0.2) is 5.75 Å². The Morgan fingerprint density at radius 1 is 1.15 bits per heavy atom. The van der Waals surface area contributed by atoms with Gasteiger partial charge in [0.2, 0.25) is 0 Å². The fourth-order valence-corrected chi connectivity index (χ4v) is 5.39. The van der Waals surface area contributed by atoms with Crippen LogP contribution in [0, 0.1) is 0 Å². The number of anilines is 1. The highest BCUT2D eigenvalue weighted by Gasteiger charge is 2.46. The third-order valence-corrected chi connectivity index (χ3v) is 7.65. The van der Waals surface area contributed by atoms with Crippen LogP contribution in [0.15, 0.2) is 54.7 Å². The second-order valence-electron chi connectivity index (χ2n) is 10.3. The number of carbonyl (C=O) groups is 2. The summed E-state index contributed by atoms with van der Waals surface area (Å²) in [5.41, 5.74) is 0.364. The van der Waals surface area contributed by atoms with E-state index in [1.165, 1.54) is 25.3 Å². The number of aromatic nitrogens is 2. The predicted molar refractivity (Wildman–Crippen MR) is 150 cm³/mol. The fraction of sp³-hybridized carbons (Fsp3) is 0.414. The lowest BCUT2D eigenvalue weighted by atomic mass is 9.84. The van der Waals surface area contributed by atoms with Crippen LogP contribution in [0.3, 0.4) is 0 Å². The van der Waals surface area contributed by atoms with E-state index in [0.29, 0.717) is 37.2 Å². The maximum atomic E-state index is 14.0. The summed E-state index contributed by atoms with van der Waals surface area (Å²) in [4.78, 5) is 28.3. The minimum atomic E-state index is -3.10. The number of hydrogen-bond acceptors (Lipinski definition) is 6. The van der Waals surface area contributed by atoms with Crippen LogP contribution in [0.2, 0.25) is 5.02 Å². The second-order valence-corrected chi connectivity index (χ2v) is 10.7. The van der Waals surface area contributed by atoms with Crippen LogP contribution in [0.1, 0.15) is 49.8 Å². The minimum Gasteiger partial charge on any atom is -0.497 e. The third kappa shape index (κ3) is 6.79. The van der Waals surface area contributed by atoms with Gasteiger partial charge in [0.1, 0.15) is 11.3 Å². The first-order valence-electron chi connectivity index (χ1n) is 13.2. The van der Waals surface area contributed by atoms with Crippen molar-refractivity contribution in [3.63, 3.8) is 0 Å². The number of carboxylic acids is 1. The summed E-state index contributed by atoms with van der Waals surface area (Å²) in [5, 5.41) is 17.5. The summed E-state index contributed by atoms with van der Waals surface area (Å²) >= 11 is 5.98. The molecule has 1 aliphatic rings. The van der Waals surface area contributed by atoms with Gasteiger partial charge in [-0.2, -0.15) is 13.9 Å². The summed E-state index contributed by atoms with van der Waals surface area (Å²) in [6.07, 6.45) is 2.25. The van der Waals surface area contributed by atoms with Crippen molar-refractivity contribution < 1.29 is 33.0 Å². The lowest BCUT2D eigenvalue weighted by Crippen LogP contribution is -2.54. The zero-order valence-corrected chi connectivity index (χ0v) is 23.8. The Hall–Kier alpha value is -3.70. The van der Waals surface area contributed by atoms with Crippen LogP contribution in [0.5, 0.6) is 11.5 Å². The van der Waals surface area contributed by atoms with Crippen LogP contribution < -0.4 is 14.8 Å². The Kier molecular flexibility index (Phi) is 9.49. The van der Waals surface area contributed by atoms with Gasteiger partial charge in [0.05, 0.1) is 18.7 Å². The van der Waals surface area contributed by atoms with Crippen molar-refractivity contribution in [2.75, 3.05) is 32.1 Å². The van der Waals surface area contributed by atoms with Crippen LogP contribution in [0.25, 0.3) is 0 Å². The predicted octanol–water partition coefficient (Wildman–Crippen LogP) is 5.57. The van der Waals surface area contributed by atoms with Crippen molar-refractivity contribution in [2.45, 2.75) is 50.7 Å². The molecule has 0 spiro atoms. The zero-order valence-electron chi connectivity index (χ0n) is 23.0. The van der Waals surface area contributed by atoms with E-state index in [1.807, 2.05) is 24.8 Å². The van der Waals surface area contributed by atoms with Crippen molar-refractivity contribution in [2.24, 2.45) is 0 Å². The summed E-state index contributed by atoms with van der Waals surface area (Å²) in [6, 6.07) is 12.9. The van der Waals surface area contributed by atoms with Gasteiger partial charge in [-0.3, -0.25) is 14.3 Å². The maximum Gasteiger partial charge on any atom is 0.387 e. The number of aliphatic carboxylic acids is 1. The largest absolute Gasteiger partial charge is 0.497 e. The number of nitrogens with one attached hydrogen (secondary N) is 1. The smallest absolute Gasteiger partial charge is 0.387 e. The number of piperidine rings is 1. The van der Waals surface area contributed by atoms with Crippen LogP contribution in [0.4, 0.5) is 14.5 Å². The van der Waals surface area contributed by atoms with Crippen molar-refractivity contribution in [1.82, 2.24) is 14.7 Å². The normalized spacial score (nSPS) is 16.0. The Bertz CT molecular complexity index is 1370. The average molecular weight is 591 g/mol. The third-order valence-electron chi connectivity index (χ3n) is 7.42. The van der Waals surface area contributed by atoms with Crippen LogP contribution in [-0.2, 0) is 15.1 Å². The molecule has 3 aromatic rings. The molecule has 1 saturated heterocycles. The van der Waals surface area contributed by atoms with Gasteiger partial charge >= 0.3 is 12.6 Å². The number of likely N-dealkylation sites (tertiary alicyclic amines) is 1. The molecule has 9 nitrogen and oxygen atoms in total. The quantitative estimate of drug-likeness (QED) is 0.301. The lowest BCUT2D eigenvalue weighted by molar-refractivity contribution is -0.140. The first kappa shape index (κ1) is 30.3. The number of nitrogens with zero attached hydrogens (tertiary/aromatic N) is 3. The number of rotatable bonds is 11. The molecule has 0 saturated carbocycles. The molecule has 1 aromatic heterocycles. The highest BCUT2D eigenvalue weighted by molar-refractivity contribution is 6.30. The van der Waals surface area contributed by atoms with Gasteiger partial charge in [-0.05, 0) is 54.7 Å². The van der Waals surface area contributed by atoms with Gasteiger partial charge in [0.25, 0.3) is 5.91 Å². The fourth-order valence-electron chi connectivity index (χ4n) is 5.22. The van der Waals surface area contributed by atoms with Gasteiger partial charge in [-0.1, -0.05) is 37.6 Å². The first-order chi connectivity index (χ1) is 19.5. The number of hydrogen-bond donors (Lipinski definition) is 2. The monoisotopic (exact) mass is 590 g/mol. The van der Waals surface area contributed by atoms with Crippen molar-refractivity contribution in [1.29, 1.82) is 0 Å². The van der Waals surface area contributed by atoms with Gasteiger partial charge in [-0.15, -0.1) is 0 Å². The molecule has 1 fully saturated rings. The van der Waals surface area contributed by atoms with E-state index in [2.05, 4.69) is 15.2 Å². The Balaban J connectivity index is 1.61. The molecule has 2 N–H and O–H groups in total. The Morgan fingerprint density at radius 3 is 2.51 bits per heavy atom. The van der Waals surface area contributed by atoms with E-state index in [1.54, 1.807) is 35.1 Å². The Labute approximate surface area is 242 Å². The van der Waals surface area contributed by atoms with Crippen LogP contribution >= 0.6 is 11.6 Å². The van der Waals surface area contributed by atoms with Crippen molar-refractivity contribution >= 4 is 29.2 Å². The number of halogens is 3. The lowest BCUT2D eigenvalue weighted by Gasteiger charge is -2.42. The topological polar surface area (TPSA) is 106 Å². The van der Waals surface area contributed by atoms with E-state index in [9.17, 15) is 23.5 Å². The van der Waals surface area contributed by atoms with E-state index >= 15 is 0 Å². The zero-order chi connectivity index (χ0) is 29.7. The Morgan fingerprint density at radius 2 is 1.88 bits per heavy atom. The number of carbonyl (C=O) groups excluding carboxylic acids is 1. The molecule has 0 unspecified atom stereocenters. The van der Waals surface area contributed by atoms with E-state index in [4.69, 9.17) is 16.3 Å². The molecule has 41 heavy (non-hydrogen) atoms. The van der Waals surface area contributed by atoms with Gasteiger partial charge in [-0.25, -0.2) is 0 Å². The molecule has 2 aromatic carbocycles. The summed E-state index contributed by atoms with van der Waals surface area (Å²) in [5.74, 6) is -1.83. The first-order valence-corrected chi connectivity index (χ1v) is 13.6.